The maximum Gasteiger partial charge on any atom is 0.251 e. The first-order valence-electron chi connectivity index (χ1n) is 10.2. The van der Waals surface area contributed by atoms with Crippen LogP contribution in [0, 0.1) is 0 Å². The Morgan fingerprint density at radius 3 is 2.26 bits per heavy atom. The van der Waals surface area contributed by atoms with E-state index in [0.29, 0.717) is 50.5 Å². The number of benzene rings is 2. The first-order valence-corrected chi connectivity index (χ1v) is 11.7. The minimum absolute atomic E-state index is 0.153. The van der Waals surface area contributed by atoms with Crippen molar-refractivity contribution < 1.29 is 22.7 Å². The van der Waals surface area contributed by atoms with Gasteiger partial charge in [0.15, 0.2) is 0 Å². The van der Waals surface area contributed by atoms with E-state index < -0.39 is 10.0 Å². The molecule has 166 valence electrons. The minimum atomic E-state index is -3.52. The normalized spacial score (nSPS) is 14.7. The van der Waals surface area contributed by atoms with Gasteiger partial charge >= 0.3 is 0 Å². The molecule has 1 heterocycles. The van der Waals surface area contributed by atoms with E-state index in [1.165, 1.54) is 4.31 Å². The zero-order valence-corrected chi connectivity index (χ0v) is 18.3. The number of carbonyl (C=O) groups is 2. The molecule has 0 atom stereocenters. The van der Waals surface area contributed by atoms with Crippen molar-refractivity contribution in [1.29, 1.82) is 0 Å². The SMILES string of the molecule is CCNC(=O)c1ccc(NC(=O)CCc2ccc(S(=O)(=O)N3CCOCC3)cc2)cc1. The average Bonchev–Trinajstić information content (AvgIpc) is 2.79. The third kappa shape index (κ3) is 6.13. The molecule has 0 aliphatic carbocycles. The minimum Gasteiger partial charge on any atom is -0.379 e. The standard InChI is InChI=1S/C22H27N3O5S/c1-2-23-22(27)18-6-8-19(9-7-18)24-21(26)12-5-17-3-10-20(11-4-17)31(28,29)25-13-15-30-16-14-25/h3-4,6-11H,2,5,12-16H2,1H3,(H,23,27)(H,24,26). The van der Waals surface area contributed by atoms with Gasteiger partial charge in [-0.05, 0) is 55.3 Å². The second-order valence-corrected chi connectivity index (χ2v) is 9.08. The zero-order valence-electron chi connectivity index (χ0n) is 17.5. The van der Waals surface area contributed by atoms with Gasteiger partial charge in [-0.15, -0.1) is 0 Å². The summed E-state index contributed by atoms with van der Waals surface area (Å²) in [5.41, 5.74) is 2.03. The molecule has 31 heavy (non-hydrogen) atoms. The molecule has 0 bridgehead atoms. The van der Waals surface area contributed by atoms with Crippen molar-refractivity contribution >= 4 is 27.5 Å². The van der Waals surface area contributed by atoms with Crippen LogP contribution in [-0.4, -0.2) is 57.4 Å². The van der Waals surface area contributed by atoms with E-state index in [2.05, 4.69) is 10.6 Å². The lowest BCUT2D eigenvalue weighted by Gasteiger charge is -2.26. The van der Waals surface area contributed by atoms with Crippen molar-refractivity contribution in [2.75, 3.05) is 38.2 Å². The number of aryl methyl sites for hydroxylation is 1. The van der Waals surface area contributed by atoms with Gasteiger partial charge in [-0.2, -0.15) is 4.31 Å². The summed E-state index contributed by atoms with van der Waals surface area (Å²) in [7, 11) is -3.52. The molecule has 1 aliphatic rings. The number of nitrogens with one attached hydrogen (secondary N) is 2. The van der Waals surface area contributed by atoms with Crippen LogP contribution in [0.4, 0.5) is 5.69 Å². The van der Waals surface area contributed by atoms with Crippen molar-refractivity contribution in [2.45, 2.75) is 24.7 Å². The van der Waals surface area contributed by atoms with Crippen LogP contribution in [0.2, 0.25) is 0 Å². The van der Waals surface area contributed by atoms with E-state index in [4.69, 9.17) is 4.74 Å². The lowest BCUT2D eigenvalue weighted by molar-refractivity contribution is -0.116. The molecule has 0 aromatic heterocycles. The van der Waals surface area contributed by atoms with Gasteiger partial charge in [0.2, 0.25) is 15.9 Å². The summed E-state index contributed by atoms with van der Waals surface area (Å²) < 4.78 is 31.9. The molecule has 2 aromatic rings. The third-order valence-electron chi connectivity index (χ3n) is 4.94. The Kier molecular flexibility index (Phi) is 7.78. The van der Waals surface area contributed by atoms with Crippen LogP contribution >= 0.6 is 0 Å². The topological polar surface area (TPSA) is 105 Å². The zero-order chi connectivity index (χ0) is 22.3. The van der Waals surface area contributed by atoms with Gasteiger partial charge in [-0.1, -0.05) is 12.1 Å². The molecule has 2 N–H and O–H groups in total. The van der Waals surface area contributed by atoms with Gasteiger partial charge in [0.1, 0.15) is 0 Å². The van der Waals surface area contributed by atoms with Crippen LogP contribution in [-0.2, 0) is 26.0 Å². The summed E-state index contributed by atoms with van der Waals surface area (Å²) in [6.45, 7) is 3.92. The molecule has 0 spiro atoms. The van der Waals surface area contributed by atoms with E-state index in [1.54, 1.807) is 48.5 Å². The van der Waals surface area contributed by atoms with Crippen LogP contribution in [0.15, 0.2) is 53.4 Å². The number of carbonyl (C=O) groups excluding carboxylic acids is 2. The fourth-order valence-corrected chi connectivity index (χ4v) is 4.62. The van der Waals surface area contributed by atoms with Gasteiger partial charge < -0.3 is 15.4 Å². The smallest absolute Gasteiger partial charge is 0.251 e. The molecule has 1 saturated heterocycles. The van der Waals surface area contributed by atoms with E-state index in [1.807, 2.05) is 6.92 Å². The summed E-state index contributed by atoms with van der Waals surface area (Å²) in [5.74, 6) is -0.310. The second kappa shape index (κ2) is 10.5. The molecule has 0 radical (unpaired) electrons. The molecule has 9 heteroatoms. The highest BCUT2D eigenvalue weighted by Gasteiger charge is 2.26. The summed E-state index contributed by atoms with van der Waals surface area (Å²) >= 11 is 0. The summed E-state index contributed by atoms with van der Waals surface area (Å²) in [6.07, 6.45) is 0.744. The molecule has 0 saturated carbocycles. The van der Waals surface area contributed by atoms with Crippen molar-refractivity contribution in [3.05, 3.63) is 59.7 Å². The Balaban J connectivity index is 1.52. The Morgan fingerprint density at radius 2 is 1.65 bits per heavy atom. The van der Waals surface area contributed by atoms with Crippen molar-refractivity contribution in [2.24, 2.45) is 0 Å². The van der Waals surface area contributed by atoms with Gasteiger partial charge in [0.25, 0.3) is 5.91 Å². The molecule has 2 amide bonds. The van der Waals surface area contributed by atoms with Crippen LogP contribution < -0.4 is 10.6 Å². The van der Waals surface area contributed by atoms with Crippen LogP contribution in [0.3, 0.4) is 0 Å². The van der Waals surface area contributed by atoms with E-state index >= 15 is 0 Å². The lowest BCUT2D eigenvalue weighted by Crippen LogP contribution is -2.40. The first kappa shape index (κ1) is 22.9. The van der Waals surface area contributed by atoms with Crippen LogP contribution in [0.1, 0.15) is 29.3 Å². The molecule has 8 nitrogen and oxygen atoms in total. The van der Waals surface area contributed by atoms with Crippen molar-refractivity contribution in [3.63, 3.8) is 0 Å². The Labute approximate surface area is 182 Å². The molecule has 3 rings (SSSR count). The Morgan fingerprint density at radius 1 is 1.00 bits per heavy atom. The number of sulfonamides is 1. The van der Waals surface area contributed by atoms with E-state index in [9.17, 15) is 18.0 Å². The number of hydrogen-bond acceptors (Lipinski definition) is 5. The Hall–Kier alpha value is -2.75. The van der Waals surface area contributed by atoms with Gasteiger partial charge in [0, 0.05) is 37.3 Å². The number of nitrogens with zero attached hydrogens (tertiary/aromatic N) is 1. The fourth-order valence-electron chi connectivity index (χ4n) is 3.21. The maximum atomic E-state index is 12.7. The number of amides is 2. The summed E-state index contributed by atoms with van der Waals surface area (Å²) in [5, 5.41) is 5.52. The number of ether oxygens (including phenoxy) is 1. The predicted molar refractivity (Wildman–Crippen MR) is 117 cm³/mol. The Bertz CT molecular complexity index is 998. The van der Waals surface area contributed by atoms with Gasteiger partial charge in [0.05, 0.1) is 18.1 Å². The highest BCUT2D eigenvalue weighted by molar-refractivity contribution is 7.89. The number of anilines is 1. The predicted octanol–water partition coefficient (Wildman–Crippen LogP) is 2.03. The monoisotopic (exact) mass is 445 g/mol. The molecule has 0 unspecified atom stereocenters. The second-order valence-electron chi connectivity index (χ2n) is 7.15. The van der Waals surface area contributed by atoms with E-state index in [0.717, 1.165) is 5.56 Å². The third-order valence-corrected chi connectivity index (χ3v) is 6.85. The quantitative estimate of drug-likeness (QED) is 0.647. The van der Waals surface area contributed by atoms with Gasteiger partial charge in [-0.3, -0.25) is 9.59 Å². The highest BCUT2D eigenvalue weighted by Crippen LogP contribution is 2.18. The van der Waals surface area contributed by atoms with Crippen molar-refractivity contribution in [3.8, 4) is 0 Å². The van der Waals surface area contributed by atoms with Gasteiger partial charge in [-0.25, -0.2) is 8.42 Å². The largest absolute Gasteiger partial charge is 0.379 e. The number of morpholine rings is 1. The van der Waals surface area contributed by atoms with E-state index in [-0.39, 0.29) is 23.1 Å². The number of rotatable bonds is 8. The lowest BCUT2D eigenvalue weighted by atomic mass is 10.1. The molecule has 1 fully saturated rings. The number of hydrogen-bond donors (Lipinski definition) is 2. The van der Waals surface area contributed by atoms with Crippen LogP contribution in [0.5, 0.6) is 0 Å². The average molecular weight is 446 g/mol. The molecular formula is C22H27N3O5S. The molecule has 1 aliphatic heterocycles. The summed E-state index contributed by atoms with van der Waals surface area (Å²) in [6, 6.07) is 13.3. The fraction of sp³-hybridized carbons (Fsp3) is 0.364. The maximum absolute atomic E-state index is 12.7. The summed E-state index contributed by atoms with van der Waals surface area (Å²) in [4.78, 5) is 24.2. The first-order chi connectivity index (χ1) is 14.9. The molecular weight excluding hydrogens is 418 g/mol. The highest BCUT2D eigenvalue weighted by atomic mass is 32.2. The van der Waals surface area contributed by atoms with Crippen LogP contribution in [0.25, 0.3) is 0 Å². The van der Waals surface area contributed by atoms with Crippen molar-refractivity contribution in [1.82, 2.24) is 9.62 Å². The molecule has 2 aromatic carbocycles.